The lowest BCUT2D eigenvalue weighted by atomic mass is 10.2. The third-order valence-corrected chi connectivity index (χ3v) is 5.06. The molecule has 0 amide bonds. The zero-order valence-electron chi connectivity index (χ0n) is 11.4. The van der Waals surface area contributed by atoms with Gasteiger partial charge in [-0.25, -0.2) is 9.97 Å². The van der Waals surface area contributed by atoms with Gasteiger partial charge in [0.1, 0.15) is 16.5 Å². The molecule has 4 nitrogen and oxygen atoms in total. The maximum atomic E-state index is 9.36. The zero-order valence-corrected chi connectivity index (χ0v) is 13.0. The van der Waals surface area contributed by atoms with Crippen LogP contribution < -0.4 is 5.32 Å². The van der Waals surface area contributed by atoms with Crippen LogP contribution in [0.25, 0.3) is 10.2 Å². The Bertz CT molecular complexity index is 540. The molecule has 0 saturated carbocycles. The second-order valence-corrected chi connectivity index (χ2v) is 6.34. The molecule has 0 spiro atoms. The lowest BCUT2D eigenvalue weighted by Gasteiger charge is -2.22. The number of aliphatic hydroxyl groups excluding tert-OH is 1. The molecule has 2 rings (SSSR count). The van der Waals surface area contributed by atoms with E-state index in [1.54, 1.807) is 23.1 Å². The number of fused-ring (bicyclic) bond motifs is 1. The number of aromatic nitrogens is 2. The Labute approximate surface area is 121 Å². The SMILES string of the molecule is CCc1nc(NC(C)C(CO)SC)c2ccsc2n1. The maximum Gasteiger partial charge on any atom is 0.138 e. The molecule has 2 atom stereocenters. The van der Waals surface area contributed by atoms with Crippen LogP contribution in [0.2, 0.25) is 0 Å². The first-order valence-electron chi connectivity index (χ1n) is 6.33. The second-order valence-electron chi connectivity index (χ2n) is 4.37. The van der Waals surface area contributed by atoms with Crippen molar-refractivity contribution in [2.24, 2.45) is 0 Å². The van der Waals surface area contributed by atoms with Gasteiger partial charge in [0.15, 0.2) is 0 Å². The number of hydrogen-bond acceptors (Lipinski definition) is 6. The molecule has 0 aliphatic heterocycles. The van der Waals surface area contributed by atoms with Gasteiger partial charge in [0.05, 0.1) is 12.0 Å². The quantitative estimate of drug-likeness (QED) is 0.858. The number of thiophene rings is 1. The molecular weight excluding hydrogens is 278 g/mol. The van der Waals surface area contributed by atoms with Crippen molar-refractivity contribution in [2.45, 2.75) is 31.6 Å². The smallest absolute Gasteiger partial charge is 0.138 e. The average molecular weight is 297 g/mol. The summed E-state index contributed by atoms with van der Waals surface area (Å²) in [6, 6.07) is 2.20. The van der Waals surface area contributed by atoms with Crippen molar-refractivity contribution in [1.82, 2.24) is 9.97 Å². The second kappa shape index (κ2) is 6.54. The summed E-state index contributed by atoms with van der Waals surface area (Å²) in [5.74, 6) is 1.73. The molecule has 104 valence electrons. The molecule has 0 aliphatic rings. The molecule has 2 aromatic rings. The Hall–Kier alpha value is -0.850. The van der Waals surface area contributed by atoms with Crippen molar-refractivity contribution < 1.29 is 5.11 Å². The summed E-state index contributed by atoms with van der Waals surface area (Å²) in [6.07, 6.45) is 2.83. The van der Waals surface area contributed by atoms with Gasteiger partial charge in [0.25, 0.3) is 0 Å². The van der Waals surface area contributed by atoms with E-state index in [2.05, 4.69) is 29.1 Å². The van der Waals surface area contributed by atoms with Crippen molar-refractivity contribution in [3.05, 3.63) is 17.3 Å². The Balaban J connectivity index is 2.30. The number of aryl methyl sites for hydroxylation is 1. The molecule has 2 heterocycles. The number of aliphatic hydroxyl groups is 1. The van der Waals surface area contributed by atoms with E-state index in [0.717, 1.165) is 28.3 Å². The van der Waals surface area contributed by atoms with E-state index in [-0.39, 0.29) is 17.9 Å². The fourth-order valence-electron chi connectivity index (χ4n) is 1.91. The largest absolute Gasteiger partial charge is 0.395 e. The monoisotopic (exact) mass is 297 g/mol. The van der Waals surface area contributed by atoms with E-state index < -0.39 is 0 Å². The molecule has 6 heteroatoms. The third-order valence-electron chi connectivity index (χ3n) is 3.09. The van der Waals surface area contributed by atoms with Gasteiger partial charge < -0.3 is 10.4 Å². The van der Waals surface area contributed by atoms with Crippen LogP contribution in [-0.4, -0.2) is 39.2 Å². The molecule has 2 unspecified atom stereocenters. The molecule has 2 N–H and O–H groups in total. The highest BCUT2D eigenvalue weighted by atomic mass is 32.2. The molecule has 0 aromatic carbocycles. The number of thioether (sulfide) groups is 1. The topological polar surface area (TPSA) is 58.0 Å². The maximum absolute atomic E-state index is 9.36. The van der Waals surface area contributed by atoms with Crippen LogP contribution in [0.3, 0.4) is 0 Å². The Morgan fingerprint density at radius 3 is 2.89 bits per heavy atom. The summed E-state index contributed by atoms with van der Waals surface area (Å²) < 4.78 is 0. The number of nitrogens with one attached hydrogen (secondary N) is 1. The Morgan fingerprint density at radius 1 is 1.47 bits per heavy atom. The highest BCUT2D eigenvalue weighted by molar-refractivity contribution is 7.99. The fraction of sp³-hybridized carbons (Fsp3) is 0.538. The third kappa shape index (κ3) is 3.19. The highest BCUT2D eigenvalue weighted by Gasteiger charge is 2.17. The van der Waals surface area contributed by atoms with Crippen LogP contribution in [0.1, 0.15) is 19.7 Å². The minimum atomic E-state index is 0.155. The summed E-state index contributed by atoms with van der Waals surface area (Å²) in [5.41, 5.74) is 0. The van der Waals surface area contributed by atoms with Crippen LogP contribution in [0, 0.1) is 0 Å². The van der Waals surface area contributed by atoms with Crippen molar-refractivity contribution in [1.29, 1.82) is 0 Å². The number of anilines is 1. The summed E-state index contributed by atoms with van der Waals surface area (Å²) in [5, 5.41) is 16.0. The predicted molar refractivity (Wildman–Crippen MR) is 84.3 cm³/mol. The zero-order chi connectivity index (χ0) is 13.8. The first kappa shape index (κ1) is 14.6. The summed E-state index contributed by atoms with van der Waals surface area (Å²) in [4.78, 5) is 10.1. The van der Waals surface area contributed by atoms with Gasteiger partial charge >= 0.3 is 0 Å². The van der Waals surface area contributed by atoms with Crippen molar-refractivity contribution in [3.8, 4) is 0 Å². The van der Waals surface area contributed by atoms with Crippen molar-refractivity contribution in [3.63, 3.8) is 0 Å². The number of hydrogen-bond donors (Lipinski definition) is 2. The summed E-state index contributed by atoms with van der Waals surface area (Å²) in [6.45, 7) is 4.29. The normalized spacial score (nSPS) is 14.5. The summed E-state index contributed by atoms with van der Waals surface area (Å²) >= 11 is 3.29. The van der Waals surface area contributed by atoms with E-state index in [9.17, 15) is 5.11 Å². The van der Waals surface area contributed by atoms with Crippen LogP contribution in [0.4, 0.5) is 5.82 Å². The van der Waals surface area contributed by atoms with E-state index >= 15 is 0 Å². The minimum Gasteiger partial charge on any atom is -0.395 e. The predicted octanol–water partition coefficient (Wildman–Crippen LogP) is 2.78. The molecular formula is C13H19N3OS2. The number of nitrogens with zero attached hydrogens (tertiary/aromatic N) is 2. The molecule has 0 aliphatic carbocycles. The Kier molecular flexibility index (Phi) is 5.01. The van der Waals surface area contributed by atoms with Crippen LogP contribution in [0.5, 0.6) is 0 Å². The molecule has 2 aromatic heterocycles. The standard InChI is InChI=1S/C13H19N3OS2/c1-4-11-15-12(9-5-6-19-13(9)16-11)14-8(2)10(7-17)18-3/h5-6,8,10,17H,4,7H2,1-3H3,(H,14,15,16). The lowest BCUT2D eigenvalue weighted by molar-refractivity contribution is 0.288. The van der Waals surface area contributed by atoms with Crippen LogP contribution in [0.15, 0.2) is 11.4 Å². The van der Waals surface area contributed by atoms with Crippen LogP contribution >= 0.6 is 23.1 Å². The molecule has 0 bridgehead atoms. The van der Waals surface area contributed by atoms with Gasteiger partial charge in [-0.1, -0.05) is 6.92 Å². The van der Waals surface area contributed by atoms with E-state index in [4.69, 9.17) is 0 Å². The van der Waals surface area contributed by atoms with Gasteiger partial charge in [-0.2, -0.15) is 11.8 Å². The molecule has 19 heavy (non-hydrogen) atoms. The van der Waals surface area contributed by atoms with Crippen molar-refractivity contribution in [2.75, 3.05) is 18.2 Å². The van der Waals surface area contributed by atoms with E-state index in [1.165, 1.54) is 0 Å². The van der Waals surface area contributed by atoms with Gasteiger partial charge in [0, 0.05) is 17.7 Å². The molecule has 0 radical (unpaired) electrons. The highest BCUT2D eigenvalue weighted by Crippen LogP contribution is 2.26. The van der Waals surface area contributed by atoms with Crippen LogP contribution in [-0.2, 0) is 6.42 Å². The summed E-state index contributed by atoms with van der Waals surface area (Å²) in [7, 11) is 0. The first-order valence-corrected chi connectivity index (χ1v) is 8.50. The first-order chi connectivity index (χ1) is 9.19. The molecule has 0 fully saturated rings. The van der Waals surface area contributed by atoms with Gasteiger partial charge in [-0.15, -0.1) is 11.3 Å². The Morgan fingerprint density at radius 2 is 2.26 bits per heavy atom. The number of rotatable bonds is 6. The van der Waals surface area contributed by atoms with Gasteiger partial charge in [0.2, 0.25) is 0 Å². The molecule has 0 saturated heterocycles. The average Bonchev–Trinajstić information content (AvgIpc) is 2.88. The van der Waals surface area contributed by atoms with E-state index in [0.29, 0.717) is 0 Å². The lowest BCUT2D eigenvalue weighted by Crippen LogP contribution is -2.31. The van der Waals surface area contributed by atoms with Crippen molar-refractivity contribution >= 4 is 39.1 Å². The fourth-order valence-corrected chi connectivity index (χ4v) is 3.32. The van der Waals surface area contributed by atoms with Gasteiger partial charge in [-0.3, -0.25) is 0 Å². The van der Waals surface area contributed by atoms with E-state index in [1.807, 2.05) is 17.7 Å². The minimum absolute atomic E-state index is 0.155. The van der Waals surface area contributed by atoms with Gasteiger partial charge in [-0.05, 0) is 24.6 Å².